The number of hydrogen-bond acceptors (Lipinski definition) is 17. The molecule has 256 valence electrons. The van der Waals surface area contributed by atoms with Gasteiger partial charge in [-0.2, -0.15) is 0 Å². The van der Waals surface area contributed by atoms with Crippen molar-refractivity contribution < 1.29 is 82.8 Å². The molecule has 0 aliphatic carbocycles. The number of phenols is 1. The summed E-state index contributed by atoms with van der Waals surface area (Å²) in [6, 6.07) is 5.25. The summed E-state index contributed by atoms with van der Waals surface area (Å²) in [5, 5.41) is 63.3. The zero-order valence-electron chi connectivity index (χ0n) is 25.6. The largest absolute Gasteiger partial charge is 0.502 e. The van der Waals surface area contributed by atoms with Crippen molar-refractivity contribution in [3.8, 4) is 40.2 Å². The standard InChI is InChI=1S/C29H38O17/c1-37-15-6-13(7-16(38-2)20(15)31)26(35)42-11-29(36)12-43-28(25(29)34)46-24-22(33)21(32)19(10-30)45-27(24)44-14-8-17(39-3)23(41-5)18(9-14)40-4/h6-9,19,21-22,24-25,27-28,30-34,36H,10-12H2,1-5H3/t19-,21-,22+,24+,25+,27-,28+,29+/m1/s1. The van der Waals surface area contributed by atoms with Crippen molar-refractivity contribution >= 4 is 5.97 Å². The molecule has 2 aliphatic rings. The monoisotopic (exact) mass is 658 g/mol. The van der Waals surface area contributed by atoms with Gasteiger partial charge in [0.1, 0.15) is 36.8 Å². The number of methoxy groups -OCH3 is 5. The number of ether oxygens (including phenoxy) is 10. The molecule has 8 atom stereocenters. The molecule has 0 unspecified atom stereocenters. The highest BCUT2D eigenvalue weighted by atomic mass is 16.8. The number of carbonyl (C=O) groups excluding carboxylic acids is 1. The lowest BCUT2D eigenvalue weighted by Gasteiger charge is -2.42. The third kappa shape index (κ3) is 6.96. The molecule has 2 saturated heterocycles. The molecule has 2 fully saturated rings. The summed E-state index contributed by atoms with van der Waals surface area (Å²) in [6.45, 7) is -2.02. The van der Waals surface area contributed by atoms with E-state index in [1.807, 2.05) is 0 Å². The van der Waals surface area contributed by atoms with Crippen LogP contribution >= 0.6 is 0 Å². The number of aliphatic hydroxyl groups is 5. The van der Waals surface area contributed by atoms with Crippen LogP contribution in [-0.4, -0.2) is 141 Å². The highest BCUT2D eigenvalue weighted by molar-refractivity contribution is 5.91. The van der Waals surface area contributed by atoms with Gasteiger partial charge in [-0.1, -0.05) is 0 Å². The molecule has 2 aromatic rings. The number of aliphatic hydroxyl groups excluding tert-OH is 4. The van der Waals surface area contributed by atoms with Crippen LogP contribution in [0.3, 0.4) is 0 Å². The van der Waals surface area contributed by atoms with E-state index in [2.05, 4.69) is 0 Å². The molecule has 2 aliphatic heterocycles. The van der Waals surface area contributed by atoms with Crippen molar-refractivity contribution in [3.63, 3.8) is 0 Å². The number of phenolic OH excluding ortho intramolecular Hbond substituents is 1. The molecule has 0 amide bonds. The zero-order valence-corrected chi connectivity index (χ0v) is 25.6. The quantitative estimate of drug-likeness (QED) is 0.141. The third-order valence-electron chi connectivity index (χ3n) is 7.48. The molecular formula is C29H38O17. The molecular weight excluding hydrogens is 620 g/mol. The minimum atomic E-state index is -2.18. The lowest BCUT2D eigenvalue weighted by atomic mass is 9.98. The van der Waals surface area contributed by atoms with E-state index in [0.717, 1.165) is 0 Å². The molecule has 0 spiro atoms. The Hall–Kier alpha value is -3.81. The van der Waals surface area contributed by atoms with E-state index in [4.69, 9.17) is 47.4 Å². The summed E-state index contributed by atoms with van der Waals surface area (Å²) in [7, 11) is 6.74. The van der Waals surface area contributed by atoms with E-state index in [-0.39, 0.29) is 45.8 Å². The molecule has 17 heteroatoms. The highest BCUT2D eigenvalue weighted by Gasteiger charge is 2.54. The molecule has 0 aromatic heterocycles. The van der Waals surface area contributed by atoms with E-state index in [9.17, 15) is 35.4 Å². The Morgan fingerprint density at radius 3 is 1.98 bits per heavy atom. The van der Waals surface area contributed by atoms with Crippen LogP contribution in [-0.2, 0) is 18.9 Å². The molecule has 0 bridgehead atoms. The molecule has 4 rings (SSSR count). The van der Waals surface area contributed by atoms with Crippen molar-refractivity contribution in [1.29, 1.82) is 0 Å². The maximum Gasteiger partial charge on any atom is 0.338 e. The Balaban J connectivity index is 1.50. The second-order valence-electron chi connectivity index (χ2n) is 10.3. The maximum atomic E-state index is 12.8. The first kappa shape index (κ1) is 35.1. The van der Waals surface area contributed by atoms with Crippen LogP contribution < -0.4 is 28.4 Å². The SMILES string of the molecule is COc1cc(C(=O)OC[C@]2(O)CO[C@@H](O[C@@H]3[C@H](Oc4cc(OC)c(OC)c(OC)c4)O[C@H](CO)[C@@H](O)[C@@H]3O)[C@@H]2O)cc(OC)c1O. The van der Waals surface area contributed by atoms with Gasteiger partial charge in [-0.15, -0.1) is 0 Å². The lowest BCUT2D eigenvalue weighted by Crippen LogP contribution is -2.62. The van der Waals surface area contributed by atoms with E-state index in [0.29, 0.717) is 0 Å². The fraction of sp³-hybridized carbons (Fsp3) is 0.552. The van der Waals surface area contributed by atoms with Crippen LogP contribution in [0.25, 0.3) is 0 Å². The smallest absolute Gasteiger partial charge is 0.338 e. The van der Waals surface area contributed by atoms with Crippen molar-refractivity contribution in [2.45, 2.75) is 48.7 Å². The van der Waals surface area contributed by atoms with Gasteiger partial charge in [0.05, 0.1) is 54.3 Å². The average Bonchev–Trinajstić information content (AvgIpc) is 3.35. The van der Waals surface area contributed by atoms with Crippen LogP contribution in [0, 0.1) is 0 Å². The van der Waals surface area contributed by atoms with Gasteiger partial charge < -0.3 is 78.0 Å². The molecule has 0 saturated carbocycles. The molecule has 2 aromatic carbocycles. The van der Waals surface area contributed by atoms with Crippen LogP contribution in [0.15, 0.2) is 24.3 Å². The number of hydrogen-bond donors (Lipinski definition) is 6. The van der Waals surface area contributed by atoms with Gasteiger partial charge in [0, 0.05) is 12.1 Å². The summed E-state index contributed by atoms with van der Waals surface area (Å²) in [4.78, 5) is 12.8. The van der Waals surface area contributed by atoms with Gasteiger partial charge in [-0.3, -0.25) is 0 Å². The summed E-state index contributed by atoms with van der Waals surface area (Å²) < 4.78 is 54.1. The molecule has 2 heterocycles. The minimum Gasteiger partial charge on any atom is -0.502 e. The Kier molecular flexibility index (Phi) is 11.2. The van der Waals surface area contributed by atoms with Crippen LogP contribution in [0.4, 0.5) is 0 Å². The predicted molar refractivity (Wildman–Crippen MR) is 152 cm³/mol. The van der Waals surface area contributed by atoms with Crippen LogP contribution in [0.2, 0.25) is 0 Å². The number of esters is 1. The third-order valence-corrected chi connectivity index (χ3v) is 7.48. The number of carbonyl (C=O) groups is 1. The number of rotatable bonds is 13. The summed E-state index contributed by atoms with van der Waals surface area (Å²) in [5.74, 6) is -0.608. The maximum absolute atomic E-state index is 12.8. The fourth-order valence-corrected chi connectivity index (χ4v) is 4.89. The first-order valence-corrected chi connectivity index (χ1v) is 13.8. The van der Waals surface area contributed by atoms with Gasteiger partial charge in [-0.05, 0) is 12.1 Å². The Bertz CT molecular complexity index is 1300. The zero-order chi connectivity index (χ0) is 33.8. The molecule has 46 heavy (non-hydrogen) atoms. The predicted octanol–water partition coefficient (Wildman–Crippen LogP) is -1.06. The number of benzene rings is 2. The number of aromatic hydroxyl groups is 1. The first-order valence-electron chi connectivity index (χ1n) is 13.8. The van der Waals surface area contributed by atoms with E-state index in [1.54, 1.807) is 0 Å². The van der Waals surface area contributed by atoms with Gasteiger partial charge >= 0.3 is 5.97 Å². The van der Waals surface area contributed by atoms with Gasteiger partial charge in [-0.25, -0.2) is 4.79 Å². The lowest BCUT2D eigenvalue weighted by molar-refractivity contribution is -0.318. The van der Waals surface area contributed by atoms with Gasteiger partial charge in [0.15, 0.2) is 41.0 Å². The first-order chi connectivity index (χ1) is 21.9. The van der Waals surface area contributed by atoms with Crippen molar-refractivity contribution in [2.24, 2.45) is 0 Å². The normalized spacial score (nSPS) is 29.1. The second-order valence-corrected chi connectivity index (χ2v) is 10.3. The van der Waals surface area contributed by atoms with Crippen molar-refractivity contribution in [3.05, 3.63) is 29.8 Å². The van der Waals surface area contributed by atoms with Gasteiger partial charge in [0.2, 0.25) is 17.8 Å². The van der Waals surface area contributed by atoms with E-state index >= 15 is 0 Å². The van der Waals surface area contributed by atoms with Gasteiger partial charge in [0.25, 0.3) is 0 Å². The molecule has 17 nitrogen and oxygen atoms in total. The Morgan fingerprint density at radius 2 is 1.46 bits per heavy atom. The summed E-state index contributed by atoms with van der Waals surface area (Å²) >= 11 is 0. The summed E-state index contributed by atoms with van der Waals surface area (Å²) in [6.07, 6.45) is -11.2. The Morgan fingerprint density at radius 1 is 0.870 bits per heavy atom. The van der Waals surface area contributed by atoms with Crippen molar-refractivity contribution in [2.75, 3.05) is 55.4 Å². The van der Waals surface area contributed by atoms with Crippen LogP contribution in [0.1, 0.15) is 10.4 Å². The minimum absolute atomic E-state index is 0.0649. The van der Waals surface area contributed by atoms with E-state index in [1.165, 1.54) is 59.8 Å². The second kappa shape index (κ2) is 14.7. The molecule has 0 radical (unpaired) electrons. The average molecular weight is 659 g/mol. The summed E-state index contributed by atoms with van der Waals surface area (Å²) in [5.41, 5.74) is -2.26. The van der Waals surface area contributed by atoms with E-state index < -0.39 is 74.5 Å². The van der Waals surface area contributed by atoms with Crippen molar-refractivity contribution in [1.82, 2.24) is 0 Å². The van der Waals surface area contributed by atoms with Crippen LogP contribution in [0.5, 0.6) is 40.2 Å². The fourth-order valence-electron chi connectivity index (χ4n) is 4.89. The topological polar surface area (TPSA) is 231 Å². The highest BCUT2D eigenvalue weighted by Crippen LogP contribution is 2.42. The Labute approximate surface area is 263 Å². The molecule has 6 N–H and O–H groups in total.